The summed E-state index contributed by atoms with van der Waals surface area (Å²) >= 11 is 7.03. The summed E-state index contributed by atoms with van der Waals surface area (Å²) in [4.78, 5) is 28.3. The number of carboxylic acid groups (broad SMARTS) is 1. The lowest BCUT2D eigenvalue weighted by Gasteiger charge is -2.13. The second kappa shape index (κ2) is 8.00. The minimum absolute atomic E-state index is 0.0685. The molecule has 1 N–H and O–H groups in total. The number of thiazole rings is 1. The Bertz CT molecular complexity index is 1170. The van der Waals surface area contributed by atoms with Crippen molar-refractivity contribution in [3.8, 4) is 0 Å². The van der Waals surface area contributed by atoms with Crippen molar-refractivity contribution in [2.24, 2.45) is 4.99 Å². The van der Waals surface area contributed by atoms with Crippen LogP contribution < -0.4 is 4.80 Å². The van der Waals surface area contributed by atoms with E-state index in [-0.39, 0.29) is 16.8 Å². The van der Waals surface area contributed by atoms with Crippen molar-refractivity contribution in [3.63, 3.8) is 0 Å². The van der Waals surface area contributed by atoms with Crippen LogP contribution in [0.25, 0.3) is 10.2 Å². The maximum atomic E-state index is 12.9. The molecule has 0 saturated carbocycles. The second-order valence-corrected chi connectivity index (χ2v) is 7.57. The molecule has 1 amide bonds. The van der Waals surface area contributed by atoms with Crippen LogP contribution in [-0.4, -0.2) is 21.6 Å². The minimum atomic E-state index is -4.60. The molecule has 0 aliphatic rings. The van der Waals surface area contributed by atoms with Crippen molar-refractivity contribution in [3.05, 3.63) is 63.4 Å². The highest BCUT2D eigenvalue weighted by Crippen LogP contribution is 2.30. The van der Waals surface area contributed by atoms with Gasteiger partial charge in [-0.1, -0.05) is 35.9 Å². The molecule has 5 nitrogen and oxygen atoms in total. The van der Waals surface area contributed by atoms with Gasteiger partial charge in [-0.3, -0.25) is 4.79 Å². The molecule has 152 valence electrons. The molecule has 1 atom stereocenters. The number of amides is 1. The van der Waals surface area contributed by atoms with Crippen molar-refractivity contribution in [2.45, 2.75) is 25.6 Å². The summed E-state index contributed by atoms with van der Waals surface area (Å²) in [6, 6.07) is 7.73. The average molecular weight is 443 g/mol. The number of hydrogen-bond acceptors (Lipinski definition) is 3. The van der Waals surface area contributed by atoms with Crippen molar-refractivity contribution in [2.75, 3.05) is 0 Å². The Kier molecular flexibility index (Phi) is 5.81. The van der Waals surface area contributed by atoms with Gasteiger partial charge in [0.15, 0.2) is 4.80 Å². The predicted octanol–water partition coefficient (Wildman–Crippen LogP) is 5.15. The smallest absolute Gasteiger partial charge is 0.416 e. The molecule has 0 radical (unpaired) electrons. The Morgan fingerprint density at radius 2 is 1.97 bits per heavy atom. The van der Waals surface area contributed by atoms with Crippen molar-refractivity contribution < 1.29 is 27.9 Å². The standard InChI is InChI=1S/C19H14ClF3N2O3S/c1-2-13(17(27)28)25-14-7-6-12(20)9-15(14)29-18(25)24-16(26)10-4-3-5-11(8-10)19(21,22)23/h3-9,13H,2H2,1H3,(H,27,28)/b24-18-. The lowest BCUT2D eigenvalue weighted by molar-refractivity contribution is -0.141. The Balaban J connectivity index is 2.19. The fraction of sp³-hybridized carbons (Fsp3) is 0.211. The van der Waals surface area contributed by atoms with Crippen LogP contribution in [0.4, 0.5) is 13.2 Å². The number of alkyl halides is 3. The number of aliphatic carboxylic acids is 1. The third-order valence-corrected chi connectivity index (χ3v) is 5.46. The van der Waals surface area contributed by atoms with Crippen LogP contribution in [0.3, 0.4) is 0 Å². The molecular formula is C19H14ClF3N2O3S. The number of fused-ring (bicyclic) bond motifs is 1. The Morgan fingerprint density at radius 3 is 2.59 bits per heavy atom. The van der Waals surface area contributed by atoms with Crippen LogP contribution >= 0.6 is 22.9 Å². The van der Waals surface area contributed by atoms with Crippen molar-refractivity contribution in [1.82, 2.24) is 4.57 Å². The normalized spacial score (nSPS) is 13.6. The molecule has 10 heteroatoms. The highest BCUT2D eigenvalue weighted by atomic mass is 35.5. The largest absolute Gasteiger partial charge is 0.480 e. The zero-order valence-corrected chi connectivity index (χ0v) is 16.5. The predicted molar refractivity (Wildman–Crippen MR) is 103 cm³/mol. The molecule has 1 unspecified atom stereocenters. The fourth-order valence-electron chi connectivity index (χ4n) is 2.84. The van der Waals surface area contributed by atoms with Crippen LogP contribution in [0.15, 0.2) is 47.5 Å². The molecular weight excluding hydrogens is 429 g/mol. The van der Waals surface area contributed by atoms with Gasteiger partial charge < -0.3 is 9.67 Å². The van der Waals surface area contributed by atoms with E-state index in [1.165, 1.54) is 10.6 Å². The van der Waals surface area contributed by atoms with Crippen molar-refractivity contribution in [1.29, 1.82) is 0 Å². The SMILES string of the molecule is CCC(C(=O)O)n1/c(=N/C(=O)c2cccc(C(F)(F)F)c2)sc2cc(Cl)ccc21. The number of carbonyl (C=O) groups is 2. The molecule has 29 heavy (non-hydrogen) atoms. The summed E-state index contributed by atoms with van der Waals surface area (Å²) in [6.45, 7) is 1.67. The zero-order valence-electron chi connectivity index (χ0n) is 14.9. The number of aromatic nitrogens is 1. The number of nitrogens with zero attached hydrogens (tertiary/aromatic N) is 2. The first kappa shape index (κ1) is 21.1. The first-order valence-electron chi connectivity index (χ1n) is 8.41. The fourth-order valence-corrected chi connectivity index (χ4v) is 4.19. The number of carboxylic acids is 1. The summed E-state index contributed by atoms with van der Waals surface area (Å²) < 4.78 is 40.8. The van der Waals surface area contributed by atoms with Crippen LogP contribution in [0.2, 0.25) is 5.02 Å². The molecule has 1 heterocycles. The molecule has 1 aromatic heterocycles. The summed E-state index contributed by atoms with van der Waals surface area (Å²) in [7, 11) is 0. The van der Waals surface area contributed by atoms with Crippen LogP contribution in [-0.2, 0) is 11.0 Å². The van der Waals surface area contributed by atoms with E-state index >= 15 is 0 Å². The van der Waals surface area contributed by atoms with E-state index in [4.69, 9.17) is 11.6 Å². The highest BCUT2D eigenvalue weighted by molar-refractivity contribution is 7.16. The topological polar surface area (TPSA) is 71.7 Å². The number of benzene rings is 2. The van der Waals surface area contributed by atoms with Gasteiger partial charge in [-0.05, 0) is 42.8 Å². The van der Waals surface area contributed by atoms with Gasteiger partial charge >= 0.3 is 12.1 Å². The minimum Gasteiger partial charge on any atom is -0.480 e. The van der Waals surface area contributed by atoms with Gasteiger partial charge in [-0.2, -0.15) is 18.2 Å². The molecule has 0 aliphatic carbocycles. The molecule has 3 rings (SSSR count). The Morgan fingerprint density at radius 1 is 1.24 bits per heavy atom. The first-order chi connectivity index (χ1) is 13.6. The Hall–Kier alpha value is -2.65. The van der Waals surface area contributed by atoms with Gasteiger partial charge in [0.25, 0.3) is 5.91 Å². The van der Waals surface area contributed by atoms with Gasteiger partial charge in [0.05, 0.1) is 15.8 Å². The van der Waals surface area contributed by atoms with Crippen LogP contribution in [0.1, 0.15) is 35.3 Å². The molecule has 0 fully saturated rings. The third-order valence-electron chi connectivity index (χ3n) is 4.21. The molecule has 0 spiro atoms. The van der Waals surface area contributed by atoms with Gasteiger partial charge in [0.1, 0.15) is 6.04 Å². The zero-order chi connectivity index (χ0) is 21.3. The van der Waals surface area contributed by atoms with E-state index in [1.807, 2.05) is 0 Å². The van der Waals surface area contributed by atoms with E-state index < -0.39 is 29.7 Å². The lowest BCUT2D eigenvalue weighted by atomic mass is 10.1. The summed E-state index contributed by atoms with van der Waals surface area (Å²) in [5.41, 5.74) is -0.694. The van der Waals surface area contributed by atoms with E-state index in [9.17, 15) is 27.9 Å². The van der Waals surface area contributed by atoms with Crippen LogP contribution in [0.5, 0.6) is 0 Å². The Labute approximate surface area is 171 Å². The summed E-state index contributed by atoms with van der Waals surface area (Å²) in [6.07, 6.45) is -4.38. The van der Waals surface area contributed by atoms with Gasteiger partial charge in [0.2, 0.25) is 0 Å². The number of carbonyl (C=O) groups excluding carboxylic acids is 1. The third kappa shape index (κ3) is 4.35. The first-order valence-corrected chi connectivity index (χ1v) is 9.61. The quantitative estimate of drug-likeness (QED) is 0.607. The molecule has 0 aliphatic heterocycles. The summed E-state index contributed by atoms with van der Waals surface area (Å²) in [5, 5.41) is 9.99. The van der Waals surface area contributed by atoms with E-state index in [2.05, 4.69) is 4.99 Å². The van der Waals surface area contributed by atoms with Crippen LogP contribution in [0, 0.1) is 0 Å². The maximum Gasteiger partial charge on any atom is 0.416 e. The average Bonchev–Trinajstić information content (AvgIpc) is 2.98. The summed E-state index contributed by atoms with van der Waals surface area (Å²) in [5.74, 6) is -2.02. The number of rotatable bonds is 4. The number of halogens is 4. The monoisotopic (exact) mass is 442 g/mol. The molecule has 0 saturated heterocycles. The number of hydrogen-bond donors (Lipinski definition) is 1. The van der Waals surface area contributed by atoms with E-state index in [0.29, 0.717) is 15.2 Å². The van der Waals surface area contributed by atoms with Gasteiger partial charge in [-0.15, -0.1) is 0 Å². The molecule has 2 aromatic carbocycles. The van der Waals surface area contributed by atoms with Crippen molar-refractivity contribution >= 4 is 45.0 Å². The lowest BCUT2D eigenvalue weighted by Crippen LogP contribution is -2.27. The molecule has 0 bridgehead atoms. The second-order valence-electron chi connectivity index (χ2n) is 6.12. The van der Waals surface area contributed by atoms with E-state index in [0.717, 1.165) is 29.5 Å². The molecule has 3 aromatic rings. The van der Waals surface area contributed by atoms with E-state index in [1.54, 1.807) is 25.1 Å². The van der Waals surface area contributed by atoms with Gasteiger partial charge in [-0.25, -0.2) is 4.79 Å². The highest BCUT2D eigenvalue weighted by Gasteiger charge is 2.31. The maximum absolute atomic E-state index is 12.9. The van der Waals surface area contributed by atoms with Gasteiger partial charge in [0, 0.05) is 10.6 Å².